The molecule has 0 aliphatic carbocycles. The van der Waals surface area contributed by atoms with E-state index in [0.717, 1.165) is 17.1 Å². The number of hydrogen-bond acceptors (Lipinski definition) is 6. The Balaban J connectivity index is 1.77. The number of anilines is 2. The summed E-state index contributed by atoms with van der Waals surface area (Å²) < 4.78 is 28.9. The highest BCUT2D eigenvalue weighted by atomic mass is 32.2. The smallest absolute Gasteiger partial charge is 0.175 e. The van der Waals surface area contributed by atoms with Crippen molar-refractivity contribution in [3.8, 4) is 11.5 Å². The van der Waals surface area contributed by atoms with Gasteiger partial charge >= 0.3 is 0 Å². The van der Waals surface area contributed by atoms with E-state index >= 15 is 0 Å². The van der Waals surface area contributed by atoms with Crippen LogP contribution in [0.15, 0.2) is 59.6 Å². The highest BCUT2D eigenvalue weighted by Crippen LogP contribution is 2.26. The van der Waals surface area contributed by atoms with Crippen LogP contribution in [0.4, 0.5) is 11.5 Å². The molecule has 0 unspecified atom stereocenters. The van der Waals surface area contributed by atoms with Gasteiger partial charge in [-0.25, -0.2) is 13.4 Å². The van der Waals surface area contributed by atoms with E-state index in [4.69, 9.17) is 4.74 Å². The van der Waals surface area contributed by atoms with Crippen molar-refractivity contribution < 1.29 is 13.2 Å². The number of hydrogen-bond donors (Lipinski definition) is 1. The van der Waals surface area contributed by atoms with Crippen LogP contribution in [0.25, 0.3) is 0 Å². The number of sulfone groups is 1. The van der Waals surface area contributed by atoms with Crippen molar-refractivity contribution in [3.63, 3.8) is 0 Å². The summed E-state index contributed by atoms with van der Waals surface area (Å²) in [5.41, 5.74) is 2.48. The predicted octanol–water partition coefficient (Wildman–Crippen LogP) is 4.03. The van der Waals surface area contributed by atoms with Crippen molar-refractivity contribution in [2.24, 2.45) is 0 Å². The van der Waals surface area contributed by atoms with Crippen molar-refractivity contribution in [2.45, 2.75) is 18.7 Å². The fourth-order valence-electron chi connectivity index (χ4n) is 2.38. The zero-order valence-corrected chi connectivity index (χ0v) is 15.5. The third-order valence-electron chi connectivity index (χ3n) is 3.69. The van der Waals surface area contributed by atoms with Crippen molar-refractivity contribution in [3.05, 3.63) is 66.1 Å². The topological polar surface area (TPSA) is 81.2 Å². The van der Waals surface area contributed by atoms with Gasteiger partial charge in [0.25, 0.3) is 0 Å². The summed E-state index contributed by atoms with van der Waals surface area (Å²) in [5.74, 6) is 1.90. The fraction of sp³-hybridized carbons (Fsp3) is 0.158. The van der Waals surface area contributed by atoms with Gasteiger partial charge in [0.1, 0.15) is 17.3 Å². The van der Waals surface area contributed by atoms with E-state index in [-0.39, 0.29) is 4.90 Å². The third kappa shape index (κ3) is 4.37. The summed E-state index contributed by atoms with van der Waals surface area (Å²) in [5, 5.41) is 3.13. The van der Waals surface area contributed by atoms with Gasteiger partial charge < -0.3 is 10.1 Å². The van der Waals surface area contributed by atoms with E-state index in [1.807, 2.05) is 26.0 Å². The van der Waals surface area contributed by atoms with Crippen LogP contribution >= 0.6 is 0 Å². The van der Waals surface area contributed by atoms with E-state index in [0.29, 0.717) is 17.3 Å². The Hall–Kier alpha value is -2.93. The number of nitrogens with one attached hydrogen (secondary N) is 1. The zero-order valence-electron chi connectivity index (χ0n) is 14.7. The third-order valence-corrected chi connectivity index (χ3v) is 4.82. The van der Waals surface area contributed by atoms with Gasteiger partial charge in [-0.05, 0) is 56.3 Å². The second-order valence-electron chi connectivity index (χ2n) is 5.94. The van der Waals surface area contributed by atoms with E-state index in [2.05, 4.69) is 15.3 Å². The molecule has 0 fully saturated rings. The lowest BCUT2D eigenvalue weighted by atomic mass is 10.3. The zero-order chi connectivity index (χ0) is 18.7. The first-order valence-corrected chi connectivity index (χ1v) is 9.86. The number of aromatic nitrogens is 2. The lowest BCUT2D eigenvalue weighted by Gasteiger charge is -2.11. The summed E-state index contributed by atoms with van der Waals surface area (Å²) in [6.45, 7) is 3.83. The Morgan fingerprint density at radius 1 is 1.00 bits per heavy atom. The molecule has 0 spiro atoms. The maximum Gasteiger partial charge on any atom is 0.175 e. The van der Waals surface area contributed by atoms with E-state index < -0.39 is 9.84 Å². The second kappa shape index (κ2) is 7.13. The van der Waals surface area contributed by atoms with Gasteiger partial charge in [-0.2, -0.15) is 0 Å². The molecule has 1 aromatic carbocycles. The lowest BCUT2D eigenvalue weighted by Crippen LogP contribution is -1.98. The lowest BCUT2D eigenvalue weighted by molar-refractivity contribution is 0.475. The summed E-state index contributed by atoms with van der Waals surface area (Å²) in [6.07, 6.45) is 2.82. The first-order chi connectivity index (χ1) is 12.3. The largest absolute Gasteiger partial charge is 0.455 e. The van der Waals surface area contributed by atoms with Crippen LogP contribution in [0, 0.1) is 13.8 Å². The second-order valence-corrected chi connectivity index (χ2v) is 7.95. The number of nitrogens with zero attached hydrogens (tertiary/aromatic N) is 2. The summed E-state index contributed by atoms with van der Waals surface area (Å²) in [4.78, 5) is 8.92. The van der Waals surface area contributed by atoms with Crippen molar-refractivity contribution in [2.75, 3.05) is 11.6 Å². The predicted molar refractivity (Wildman–Crippen MR) is 101 cm³/mol. The first kappa shape index (κ1) is 17.9. The molecule has 0 aliphatic heterocycles. The van der Waals surface area contributed by atoms with Gasteiger partial charge in [0.15, 0.2) is 9.84 Å². The molecule has 0 saturated heterocycles. The van der Waals surface area contributed by atoms with E-state index in [1.165, 1.54) is 6.26 Å². The van der Waals surface area contributed by atoms with Gasteiger partial charge in [-0.3, -0.25) is 4.98 Å². The molecule has 0 aliphatic rings. The molecular weight excluding hydrogens is 350 g/mol. The van der Waals surface area contributed by atoms with Crippen molar-refractivity contribution in [1.82, 2.24) is 9.97 Å². The number of pyridine rings is 2. The van der Waals surface area contributed by atoms with Crippen LogP contribution < -0.4 is 10.1 Å². The highest BCUT2D eigenvalue weighted by Gasteiger charge is 2.07. The molecule has 0 saturated carbocycles. The maximum atomic E-state index is 11.5. The van der Waals surface area contributed by atoms with Crippen LogP contribution in [0.3, 0.4) is 0 Å². The van der Waals surface area contributed by atoms with Gasteiger partial charge in [0.2, 0.25) is 0 Å². The average molecular weight is 369 g/mol. The van der Waals surface area contributed by atoms with Gasteiger partial charge in [0, 0.05) is 29.9 Å². The van der Waals surface area contributed by atoms with Crippen LogP contribution in [-0.2, 0) is 9.84 Å². The Labute approximate surface area is 152 Å². The molecule has 0 radical (unpaired) electrons. The molecule has 0 bridgehead atoms. The SMILES string of the molecule is Cc1ccc(Oc2ccnc(Nc3ccc(S(C)(=O)=O)cc3)c2)c(C)n1. The number of benzene rings is 1. The Morgan fingerprint density at radius 3 is 2.38 bits per heavy atom. The molecule has 0 atom stereocenters. The van der Waals surface area contributed by atoms with Gasteiger partial charge in [0.05, 0.1) is 10.6 Å². The molecule has 134 valence electrons. The molecule has 1 N–H and O–H groups in total. The number of aryl methyl sites for hydroxylation is 2. The first-order valence-electron chi connectivity index (χ1n) is 7.96. The maximum absolute atomic E-state index is 11.5. The molecule has 3 aromatic rings. The number of rotatable bonds is 5. The summed E-state index contributed by atoms with van der Waals surface area (Å²) in [6, 6.07) is 13.8. The van der Waals surface area contributed by atoms with Crippen LogP contribution in [0.5, 0.6) is 11.5 Å². The molecule has 0 amide bonds. The number of ether oxygens (including phenoxy) is 1. The Morgan fingerprint density at radius 2 is 1.73 bits per heavy atom. The molecule has 2 aromatic heterocycles. The molecule has 2 heterocycles. The molecule has 26 heavy (non-hydrogen) atoms. The van der Waals surface area contributed by atoms with Gasteiger partial charge in [-0.1, -0.05) is 0 Å². The van der Waals surface area contributed by atoms with E-state index in [1.54, 1.807) is 42.6 Å². The van der Waals surface area contributed by atoms with E-state index in [9.17, 15) is 8.42 Å². The standard InChI is InChI=1S/C19H19N3O3S/c1-13-4-9-18(14(2)21-13)25-16-10-11-20-19(12-16)22-15-5-7-17(8-6-15)26(3,23)24/h4-12H,1-3H3,(H,20,22). The molecule has 6 nitrogen and oxygen atoms in total. The Kier molecular flexibility index (Phi) is 4.90. The molecular formula is C19H19N3O3S. The monoisotopic (exact) mass is 369 g/mol. The van der Waals surface area contributed by atoms with Crippen LogP contribution in [0.1, 0.15) is 11.4 Å². The van der Waals surface area contributed by atoms with Crippen molar-refractivity contribution >= 4 is 21.3 Å². The molecule has 7 heteroatoms. The fourth-order valence-corrected chi connectivity index (χ4v) is 3.02. The Bertz CT molecular complexity index is 1030. The van der Waals surface area contributed by atoms with Crippen LogP contribution in [0.2, 0.25) is 0 Å². The van der Waals surface area contributed by atoms with Crippen LogP contribution in [-0.4, -0.2) is 24.6 Å². The minimum absolute atomic E-state index is 0.274. The summed E-state index contributed by atoms with van der Waals surface area (Å²) in [7, 11) is -3.21. The molecule has 3 rings (SSSR count). The highest BCUT2D eigenvalue weighted by molar-refractivity contribution is 7.90. The normalized spacial score (nSPS) is 11.2. The van der Waals surface area contributed by atoms with Crippen molar-refractivity contribution in [1.29, 1.82) is 0 Å². The quantitative estimate of drug-likeness (QED) is 0.731. The minimum Gasteiger partial charge on any atom is -0.455 e. The average Bonchev–Trinajstić information content (AvgIpc) is 2.57. The minimum atomic E-state index is -3.21. The summed E-state index contributed by atoms with van der Waals surface area (Å²) >= 11 is 0. The van der Waals surface area contributed by atoms with Gasteiger partial charge in [-0.15, -0.1) is 0 Å².